The second-order valence-electron chi connectivity index (χ2n) is 8.82. The maximum Gasteiger partial charge on any atom is 0.347 e. The predicted octanol–water partition coefficient (Wildman–Crippen LogP) is 4.24. The predicted molar refractivity (Wildman–Crippen MR) is 119 cm³/mol. The third-order valence-electron chi connectivity index (χ3n) is 5.67. The third-order valence-corrected chi connectivity index (χ3v) is 5.67. The highest BCUT2D eigenvalue weighted by molar-refractivity contribution is 5.81. The van der Waals surface area contributed by atoms with Crippen molar-refractivity contribution in [1.29, 1.82) is 0 Å². The summed E-state index contributed by atoms with van der Waals surface area (Å²) in [5, 5.41) is 0. The van der Waals surface area contributed by atoms with Gasteiger partial charge in [0.1, 0.15) is 6.10 Å². The van der Waals surface area contributed by atoms with Gasteiger partial charge in [-0.1, -0.05) is 53.0 Å². The Morgan fingerprint density at radius 2 is 1.87 bits per heavy atom. The zero-order valence-corrected chi connectivity index (χ0v) is 20.1. The second-order valence-corrected chi connectivity index (χ2v) is 8.82. The minimum absolute atomic E-state index is 0.0187. The minimum Gasteiger partial charge on any atom is -0.460 e. The molecular weight excluding hydrogens is 398 g/mol. The van der Waals surface area contributed by atoms with Crippen molar-refractivity contribution in [3.8, 4) is 0 Å². The normalized spacial score (nSPS) is 25.2. The molecule has 1 rings (SSSR count). The Bertz CT molecular complexity index is 603. The Morgan fingerprint density at radius 1 is 1.16 bits per heavy atom. The highest BCUT2D eigenvalue weighted by Crippen LogP contribution is 2.22. The van der Waals surface area contributed by atoms with Crippen LogP contribution in [0.4, 0.5) is 0 Å². The van der Waals surface area contributed by atoms with Gasteiger partial charge in [0.05, 0.1) is 12.5 Å². The van der Waals surface area contributed by atoms with E-state index in [0.29, 0.717) is 19.3 Å². The molecular formula is C24H41NO6. The standard InChI is InChI=1S/C24H41NO6/c1-7-8-9-11-19(29-6)16-20-14-13-18(4)23(27)25(5)15-10-12-21(26)31-22(17(2)3)24(28)30-20/h10,15,17-20,22H,7-9,11-14,16H2,1-6H3/t18?,19-,20-,22-/m0/s1. The van der Waals surface area contributed by atoms with Crippen LogP contribution in [0.25, 0.3) is 0 Å². The zero-order chi connectivity index (χ0) is 23.4. The molecule has 0 bridgehead atoms. The number of cyclic esters (lactones) is 2. The van der Waals surface area contributed by atoms with Gasteiger partial charge in [-0.3, -0.25) is 9.59 Å². The highest BCUT2D eigenvalue weighted by atomic mass is 16.6. The summed E-state index contributed by atoms with van der Waals surface area (Å²) in [5.41, 5.74) is 0. The largest absolute Gasteiger partial charge is 0.460 e. The van der Waals surface area contributed by atoms with Gasteiger partial charge in [0.15, 0.2) is 0 Å². The monoisotopic (exact) mass is 439 g/mol. The van der Waals surface area contributed by atoms with Crippen molar-refractivity contribution in [2.45, 2.75) is 97.4 Å². The molecule has 1 unspecified atom stereocenters. The van der Waals surface area contributed by atoms with Crippen molar-refractivity contribution >= 4 is 17.8 Å². The summed E-state index contributed by atoms with van der Waals surface area (Å²) in [6, 6.07) is 0. The Hall–Kier alpha value is -1.89. The number of hydrogen-bond donors (Lipinski definition) is 0. The molecule has 0 spiro atoms. The van der Waals surface area contributed by atoms with E-state index in [4.69, 9.17) is 14.2 Å². The van der Waals surface area contributed by atoms with Gasteiger partial charge in [-0.2, -0.15) is 0 Å². The lowest BCUT2D eigenvalue weighted by molar-refractivity contribution is -0.175. The molecule has 0 aromatic carbocycles. The van der Waals surface area contributed by atoms with Gasteiger partial charge < -0.3 is 19.1 Å². The third kappa shape index (κ3) is 9.85. The smallest absolute Gasteiger partial charge is 0.347 e. The lowest BCUT2D eigenvalue weighted by Gasteiger charge is -2.27. The molecule has 1 heterocycles. The van der Waals surface area contributed by atoms with E-state index in [9.17, 15) is 14.4 Å². The molecule has 178 valence electrons. The molecule has 1 aliphatic rings. The van der Waals surface area contributed by atoms with Gasteiger partial charge >= 0.3 is 11.9 Å². The fourth-order valence-electron chi connectivity index (χ4n) is 3.64. The van der Waals surface area contributed by atoms with E-state index >= 15 is 0 Å². The molecule has 0 aliphatic carbocycles. The number of unbranched alkanes of at least 4 members (excludes halogenated alkanes) is 2. The molecule has 0 radical (unpaired) electrons. The molecule has 1 aliphatic heterocycles. The maximum atomic E-state index is 12.9. The Balaban J connectivity index is 3.04. The molecule has 4 atom stereocenters. The van der Waals surface area contributed by atoms with Gasteiger partial charge in [-0.05, 0) is 19.3 Å². The van der Waals surface area contributed by atoms with Crippen LogP contribution in [0.3, 0.4) is 0 Å². The quantitative estimate of drug-likeness (QED) is 0.415. The molecule has 0 saturated carbocycles. The van der Waals surface area contributed by atoms with E-state index in [0.717, 1.165) is 25.7 Å². The number of amides is 1. The Labute approximate surface area is 187 Å². The van der Waals surface area contributed by atoms with Gasteiger partial charge in [0, 0.05) is 38.6 Å². The number of hydrogen-bond acceptors (Lipinski definition) is 6. The van der Waals surface area contributed by atoms with Crippen molar-refractivity contribution < 1.29 is 28.6 Å². The van der Waals surface area contributed by atoms with E-state index in [1.807, 2.05) is 20.8 Å². The lowest BCUT2D eigenvalue weighted by Crippen LogP contribution is -2.37. The molecule has 7 nitrogen and oxygen atoms in total. The first-order chi connectivity index (χ1) is 14.7. The van der Waals surface area contributed by atoms with Gasteiger partial charge in [0.25, 0.3) is 0 Å². The molecule has 0 aromatic heterocycles. The van der Waals surface area contributed by atoms with Crippen molar-refractivity contribution in [1.82, 2.24) is 4.90 Å². The molecule has 1 amide bonds. The van der Waals surface area contributed by atoms with Crippen LogP contribution in [0.1, 0.15) is 79.1 Å². The first kappa shape index (κ1) is 27.1. The fourth-order valence-corrected chi connectivity index (χ4v) is 3.64. The van der Waals surface area contributed by atoms with Crippen LogP contribution in [-0.2, 0) is 28.6 Å². The molecule has 0 fully saturated rings. The SMILES string of the molecule is CCCCC[C@@H](C[C@@H]1CCC(C)C(=O)N(C)C=CCC(=O)O[C@@H](C(C)C)C(=O)O1)OC. The number of nitrogens with zero attached hydrogens (tertiary/aromatic N) is 1. The van der Waals surface area contributed by atoms with Gasteiger partial charge in [-0.15, -0.1) is 0 Å². The van der Waals surface area contributed by atoms with E-state index < -0.39 is 24.1 Å². The summed E-state index contributed by atoms with van der Waals surface area (Å²) in [6.45, 7) is 7.67. The summed E-state index contributed by atoms with van der Waals surface area (Å²) >= 11 is 0. The van der Waals surface area contributed by atoms with Crippen LogP contribution in [0.15, 0.2) is 12.3 Å². The molecule has 0 aromatic rings. The van der Waals surface area contributed by atoms with Crippen molar-refractivity contribution in [2.24, 2.45) is 11.8 Å². The van der Waals surface area contributed by atoms with Crippen molar-refractivity contribution in [3.05, 3.63) is 12.3 Å². The van der Waals surface area contributed by atoms with Crippen molar-refractivity contribution in [2.75, 3.05) is 14.2 Å². The Kier molecular flexibility index (Phi) is 12.5. The van der Waals surface area contributed by atoms with Gasteiger partial charge in [0.2, 0.25) is 12.0 Å². The number of carbonyl (C=O) groups is 3. The van der Waals surface area contributed by atoms with E-state index in [1.54, 1.807) is 26.4 Å². The van der Waals surface area contributed by atoms with Crippen molar-refractivity contribution in [3.63, 3.8) is 0 Å². The summed E-state index contributed by atoms with van der Waals surface area (Å²) in [6.07, 6.45) is 7.63. The van der Waals surface area contributed by atoms with Crippen LogP contribution in [-0.4, -0.2) is 55.2 Å². The summed E-state index contributed by atoms with van der Waals surface area (Å²) in [5.74, 6) is -1.54. The fraction of sp³-hybridized carbons (Fsp3) is 0.792. The number of rotatable bonds is 8. The lowest BCUT2D eigenvalue weighted by atomic mass is 9.96. The topological polar surface area (TPSA) is 82.1 Å². The number of carbonyl (C=O) groups excluding carboxylic acids is 3. The molecule has 0 N–H and O–H groups in total. The molecule has 7 heteroatoms. The van der Waals surface area contributed by atoms with E-state index in [-0.39, 0.29) is 30.3 Å². The van der Waals surface area contributed by atoms with Crippen LogP contribution in [0, 0.1) is 11.8 Å². The average Bonchev–Trinajstić information content (AvgIpc) is 2.73. The summed E-state index contributed by atoms with van der Waals surface area (Å²) < 4.78 is 16.9. The summed E-state index contributed by atoms with van der Waals surface area (Å²) in [4.78, 5) is 39.2. The summed E-state index contributed by atoms with van der Waals surface area (Å²) in [7, 11) is 3.35. The first-order valence-corrected chi connectivity index (χ1v) is 11.6. The zero-order valence-electron chi connectivity index (χ0n) is 20.1. The van der Waals surface area contributed by atoms with Crippen LogP contribution in [0.5, 0.6) is 0 Å². The average molecular weight is 440 g/mol. The van der Waals surface area contributed by atoms with E-state index in [2.05, 4.69) is 6.92 Å². The molecule has 31 heavy (non-hydrogen) atoms. The molecule has 0 saturated heterocycles. The van der Waals surface area contributed by atoms with E-state index in [1.165, 1.54) is 4.90 Å². The van der Waals surface area contributed by atoms with Crippen LogP contribution in [0.2, 0.25) is 0 Å². The second kappa shape index (κ2) is 14.2. The number of ether oxygens (including phenoxy) is 3. The Morgan fingerprint density at radius 3 is 2.48 bits per heavy atom. The maximum absolute atomic E-state index is 12.9. The first-order valence-electron chi connectivity index (χ1n) is 11.6. The number of methoxy groups -OCH3 is 1. The highest BCUT2D eigenvalue weighted by Gasteiger charge is 2.31. The van der Waals surface area contributed by atoms with Gasteiger partial charge in [-0.25, -0.2) is 4.79 Å². The minimum atomic E-state index is -0.954. The number of esters is 2. The van der Waals surface area contributed by atoms with Crippen LogP contribution >= 0.6 is 0 Å². The van der Waals surface area contributed by atoms with Crippen LogP contribution < -0.4 is 0 Å².